The highest BCUT2D eigenvalue weighted by molar-refractivity contribution is 5.80. The number of carbonyl (C=O) groups excluding carboxylic acids is 1. The molecule has 1 aromatic rings. The minimum Gasteiger partial charge on any atom is -0.341 e. The SMILES string of the molecule is CCN(CC)C(=O)C(C)n1cncc1C1(C)CCNCC1. The summed E-state index contributed by atoms with van der Waals surface area (Å²) in [7, 11) is 0. The van der Waals surface area contributed by atoms with Crippen molar-refractivity contribution in [2.75, 3.05) is 26.2 Å². The average molecular weight is 292 g/mol. The van der Waals surface area contributed by atoms with Crippen molar-refractivity contribution in [2.45, 2.75) is 52.0 Å². The number of nitrogens with one attached hydrogen (secondary N) is 1. The molecule has 118 valence electrons. The Hall–Kier alpha value is -1.36. The van der Waals surface area contributed by atoms with Crippen LogP contribution in [0.1, 0.15) is 52.3 Å². The van der Waals surface area contributed by atoms with Crippen LogP contribution in [0.15, 0.2) is 12.5 Å². The predicted molar refractivity (Wildman–Crippen MR) is 84.3 cm³/mol. The van der Waals surface area contributed by atoms with Gasteiger partial charge in [0, 0.05) is 30.4 Å². The average Bonchev–Trinajstić information content (AvgIpc) is 2.98. The molecular formula is C16H28N4O. The van der Waals surface area contributed by atoms with Gasteiger partial charge in [0.2, 0.25) is 5.91 Å². The molecule has 2 rings (SSSR count). The van der Waals surface area contributed by atoms with Gasteiger partial charge in [-0.2, -0.15) is 0 Å². The van der Waals surface area contributed by atoms with E-state index in [1.165, 1.54) is 5.69 Å². The van der Waals surface area contributed by atoms with Crippen LogP contribution in [0.5, 0.6) is 0 Å². The van der Waals surface area contributed by atoms with Gasteiger partial charge in [-0.15, -0.1) is 0 Å². The fourth-order valence-corrected chi connectivity index (χ4v) is 3.23. The monoisotopic (exact) mass is 292 g/mol. The van der Waals surface area contributed by atoms with E-state index in [0.29, 0.717) is 0 Å². The van der Waals surface area contributed by atoms with E-state index in [1.807, 2.05) is 38.2 Å². The zero-order valence-electron chi connectivity index (χ0n) is 13.7. The van der Waals surface area contributed by atoms with Gasteiger partial charge in [-0.25, -0.2) is 4.98 Å². The van der Waals surface area contributed by atoms with Gasteiger partial charge in [-0.3, -0.25) is 4.79 Å². The predicted octanol–water partition coefficient (Wildman–Crippen LogP) is 1.95. The van der Waals surface area contributed by atoms with Crippen molar-refractivity contribution < 1.29 is 4.79 Å². The molecule has 1 atom stereocenters. The van der Waals surface area contributed by atoms with Crippen molar-refractivity contribution >= 4 is 5.91 Å². The fourth-order valence-electron chi connectivity index (χ4n) is 3.23. The third-order valence-corrected chi connectivity index (χ3v) is 4.84. The van der Waals surface area contributed by atoms with Crippen molar-refractivity contribution in [2.24, 2.45) is 0 Å². The summed E-state index contributed by atoms with van der Waals surface area (Å²) in [6.45, 7) is 11.9. The van der Waals surface area contributed by atoms with Crippen LogP contribution in [0.25, 0.3) is 0 Å². The van der Waals surface area contributed by atoms with E-state index in [1.54, 1.807) is 0 Å². The molecule has 2 heterocycles. The van der Waals surface area contributed by atoms with Crippen LogP contribution in [0.2, 0.25) is 0 Å². The minimum atomic E-state index is -0.186. The maximum atomic E-state index is 12.6. The highest BCUT2D eigenvalue weighted by Gasteiger charge is 2.34. The molecule has 0 spiro atoms. The molecule has 0 aromatic carbocycles. The molecule has 1 saturated heterocycles. The molecule has 1 fully saturated rings. The number of amides is 1. The Morgan fingerprint density at radius 1 is 1.43 bits per heavy atom. The Morgan fingerprint density at radius 3 is 2.62 bits per heavy atom. The second-order valence-corrected chi connectivity index (χ2v) is 6.18. The van der Waals surface area contributed by atoms with E-state index < -0.39 is 0 Å². The highest BCUT2D eigenvalue weighted by atomic mass is 16.2. The first-order valence-electron chi connectivity index (χ1n) is 8.05. The molecule has 0 bridgehead atoms. The summed E-state index contributed by atoms with van der Waals surface area (Å²) in [5.74, 6) is 0.178. The van der Waals surface area contributed by atoms with E-state index >= 15 is 0 Å². The van der Waals surface area contributed by atoms with E-state index in [2.05, 4.69) is 21.8 Å². The van der Waals surface area contributed by atoms with E-state index in [4.69, 9.17) is 0 Å². The number of carbonyl (C=O) groups is 1. The van der Waals surface area contributed by atoms with Crippen LogP contribution in [0.4, 0.5) is 0 Å². The van der Waals surface area contributed by atoms with Crippen LogP contribution >= 0.6 is 0 Å². The van der Waals surface area contributed by atoms with E-state index in [-0.39, 0.29) is 17.4 Å². The smallest absolute Gasteiger partial charge is 0.245 e. The number of hydrogen-bond acceptors (Lipinski definition) is 3. The van der Waals surface area contributed by atoms with E-state index in [0.717, 1.165) is 39.0 Å². The molecule has 0 aliphatic carbocycles. The van der Waals surface area contributed by atoms with Crippen LogP contribution < -0.4 is 5.32 Å². The van der Waals surface area contributed by atoms with Crippen molar-refractivity contribution in [1.82, 2.24) is 19.8 Å². The first-order valence-corrected chi connectivity index (χ1v) is 8.05. The Balaban J connectivity index is 2.25. The molecule has 1 unspecified atom stereocenters. The third kappa shape index (κ3) is 3.12. The molecule has 5 nitrogen and oxygen atoms in total. The Kier molecular flexibility index (Phi) is 5.04. The summed E-state index contributed by atoms with van der Waals surface area (Å²) in [4.78, 5) is 18.8. The largest absolute Gasteiger partial charge is 0.341 e. The Morgan fingerprint density at radius 2 is 2.05 bits per heavy atom. The summed E-state index contributed by atoms with van der Waals surface area (Å²) in [6, 6.07) is -0.186. The standard InChI is InChI=1S/C16H28N4O/c1-5-19(6-2)15(21)13(3)20-12-18-11-14(20)16(4)7-9-17-10-8-16/h11-13,17H,5-10H2,1-4H3. The summed E-state index contributed by atoms with van der Waals surface area (Å²) < 4.78 is 2.08. The summed E-state index contributed by atoms with van der Waals surface area (Å²) in [6.07, 6.45) is 5.93. The van der Waals surface area contributed by atoms with Crippen molar-refractivity contribution in [3.8, 4) is 0 Å². The topological polar surface area (TPSA) is 50.2 Å². The molecular weight excluding hydrogens is 264 g/mol. The third-order valence-electron chi connectivity index (χ3n) is 4.84. The molecule has 1 aliphatic heterocycles. The Labute approximate surface area is 127 Å². The van der Waals surface area contributed by atoms with Gasteiger partial charge >= 0.3 is 0 Å². The van der Waals surface area contributed by atoms with Gasteiger partial charge in [-0.05, 0) is 46.7 Å². The van der Waals surface area contributed by atoms with Crippen LogP contribution in [-0.4, -0.2) is 46.5 Å². The Bertz CT molecular complexity index is 472. The number of likely N-dealkylation sites (N-methyl/N-ethyl adjacent to an activating group) is 1. The van der Waals surface area contributed by atoms with Gasteiger partial charge in [0.15, 0.2) is 0 Å². The molecule has 0 radical (unpaired) electrons. The van der Waals surface area contributed by atoms with Crippen molar-refractivity contribution in [1.29, 1.82) is 0 Å². The second kappa shape index (κ2) is 6.60. The molecule has 1 amide bonds. The van der Waals surface area contributed by atoms with Crippen LogP contribution in [0, 0.1) is 0 Å². The molecule has 1 N–H and O–H groups in total. The van der Waals surface area contributed by atoms with Gasteiger partial charge < -0.3 is 14.8 Å². The lowest BCUT2D eigenvalue weighted by molar-refractivity contribution is -0.134. The summed E-state index contributed by atoms with van der Waals surface area (Å²) in [5.41, 5.74) is 1.30. The van der Waals surface area contributed by atoms with E-state index in [9.17, 15) is 4.79 Å². The molecule has 5 heteroatoms. The van der Waals surface area contributed by atoms with Gasteiger partial charge in [0.25, 0.3) is 0 Å². The summed E-state index contributed by atoms with van der Waals surface area (Å²) in [5, 5.41) is 3.40. The van der Waals surface area contributed by atoms with Crippen LogP contribution in [-0.2, 0) is 10.2 Å². The number of piperidine rings is 1. The minimum absolute atomic E-state index is 0.111. The van der Waals surface area contributed by atoms with Crippen LogP contribution in [0.3, 0.4) is 0 Å². The number of aromatic nitrogens is 2. The normalized spacial score (nSPS) is 19.2. The number of hydrogen-bond donors (Lipinski definition) is 1. The van der Waals surface area contributed by atoms with Crippen molar-refractivity contribution in [3.63, 3.8) is 0 Å². The lowest BCUT2D eigenvalue weighted by atomic mass is 9.78. The first-order chi connectivity index (χ1) is 10.0. The maximum absolute atomic E-state index is 12.6. The number of nitrogens with zero attached hydrogens (tertiary/aromatic N) is 3. The molecule has 21 heavy (non-hydrogen) atoms. The second-order valence-electron chi connectivity index (χ2n) is 6.18. The van der Waals surface area contributed by atoms with Gasteiger partial charge in [0.05, 0.1) is 6.33 Å². The number of rotatable bonds is 5. The first kappa shape index (κ1) is 16.0. The lowest BCUT2D eigenvalue weighted by Crippen LogP contribution is -2.41. The van der Waals surface area contributed by atoms with Gasteiger partial charge in [0.1, 0.15) is 6.04 Å². The van der Waals surface area contributed by atoms with Crippen molar-refractivity contribution in [3.05, 3.63) is 18.2 Å². The number of imidazole rings is 1. The summed E-state index contributed by atoms with van der Waals surface area (Å²) >= 11 is 0. The van der Waals surface area contributed by atoms with Gasteiger partial charge in [-0.1, -0.05) is 6.92 Å². The molecule has 1 aliphatic rings. The zero-order valence-corrected chi connectivity index (χ0v) is 13.7. The zero-order chi connectivity index (χ0) is 15.5. The molecule has 0 saturated carbocycles. The lowest BCUT2D eigenvalue weighted by Gasteiger charge is -2.36. The highest BCUT2D eigenvalue weighted by Crippen LogP contribution is 2.34. The maximum Gasteiger partial charge on any atom is 0.245 e. The quantitative estimate of drug-likeness (QED) is 0.902. The fraction of sp³-hybridized carbons (Fsp3) is 0.750. The molecule has 1 aromatic heterocycles.